The molecule has 0 aromatic heterocycles. The van der Waals surface area contributed by atoms with Crippen molar-refractivity contribution in [2.75, 3.05) is 26.7 Å². The van der Waals surface area contributed by atoms with Gasteiger partial charge in [-0.05, 0) is 45.8 Å². The fourth-order valence-corrected chi connectivity index (χ4v) is 1.91. The first kappa shape index (κ1) is 14.9. The van der Waals surface area contributed by atoms with Crippen LogP contribution in [0.3, 0.4) is 0 Å². The van der Waals surface area contributed by atoms with Gasteiger partial charge in [0.1, 0.15) is 0 Å². The highest BCUT2D eigenvalue weighted by atomic mass is 15.1. The van der Waals surface area contributed by atoms with E-state index in [0.717, 1.165) is 18.5 Å². The van der Waals surface area contributed by atoms with Crippen molar-refractivity contribution in [1.82, 2.24) is 10.2 Å². The molecule has 1 N–H and O–H groups in total. The van der Waals surface area contributed by atoms with Crippen LogP contribution >= 0.6 is 0 Å². The Kier molecular flexibility index (Phi) is 9.12. The van der Waals surface area contributed by atoms with E-state index in [2.05, 4.69) is 37.9 Å². The van der Waals surface area contributed by atoms with Gasteiger partial charge in [0.2, 0.25) is 0 Å². The van der Waals surface area contributed by atoms with Crippen molar-refractivity contribution in [3.05, 3.63) is 0 Å². The van der Waals surface area contributed by atoms with E-state index in [1.165, 1.54) is 32.4 Å². The van der Waals surface area contributed by atoms with E-state index in [0.29, 0.717) is 0 Å². The molecule has 2 heteroatoms. The smallest absolute Gasteiger partial charge is 0.00673 e. The molecule has 0 heterocycles. The van der Waals surface area contributed by atoms with Crippen molar-refractivity contribution in [2.45, 2.75) is 53.0 Å². The highest BCUT2D eigenvalue weighted by Gasteiger charge is 2.13. The third-order valence-electron chi connectivity index (χ3n) is 3.32. The molecular weight excluding hydrogens is 184 g/mol. The summed E-state index contributed by atoms with van der Waals surface area (Å²) in [5, 5.41) is 3.21. The molecule has 92 valence electrons. The third kappa shape index (κ3) is 6.91. The summed E-state index contributed by atoms with van der Waals surface area (Å²) in [6, 6.07) is 0.734. The van der Waals surface area contributed by atoms with Gasteiger partial charge in [0.05, 0.1) is 0 Å². The monoisotopic (exact) mass is 214 g/mol. The summed E-state index contributed by atoms with van der Waals surface area (Å²) in [5.41, 5.74) is 0. The molecule has 2 nitrogen and oxygen atoms in total. The Morgan fingerprint density at radius 2 is 1.87 bits per heavy atom. The maximum atomic E-state index is 3.21. The van der Waals surface area contributed by atoms with Gasteiger partial charge in [-0.15, -0.1) is 0 Å². The van der Waals surface area contributed by atoms with Crippen LogP contribution in [0.2, 0.25) is 0 Å². The highest BCUT2D eigenvalue weighted by molar-refractivity contribution is 4.68. The van der Waals surface area contributed by atoms with Crippen molar-refractivity contribution in [3.63, 3.8) is 0 Å². The molecule has 15 heavy (non-hydrogen) atoms. The third-order valence-corrected chi connectivity index (χ3v) is 3.32. The maximum absolute atomic E-state index is 3.21. The van der Waals surface area contributed by atoms with Gasteiger partial charge in [-0.3, -0.25) is 0 Å². The zero-order valence-corrected chi connectivity index (χ0v) is 11.3. The Labute approximate surface area is 96.4 Å². The minimum absolute atomic E-state index is 0.734. The Morgan fingerprint density at radius 3 is 2.33 bits per heavy atom. The summed E-state index contributed by atoms with van der Waals surface area (Å²) >= 11 is 0. The lowest BCUT2D eigenvalue weighted by molar-refractivity contribution is 0.179. The summed E-state index contributed by atoms with van der Waals surface area (Å²) in [6.07, 6.45) is 3.89. The van der Waals surface area contributed by atoms with E-state index < -0.39 is 0 Å². The van der Waals surface area contributed by atoms with Gasteiger partial charge in [-0.2, -0.15) is 0 Å². The lowest BCUT2D eigenvalue weighted by Gasteiger charge is -2.30. The largest absolute Gasteiger partial charge is 0.320 e. The number of hydrogen-bond acceptors (Lipinski definition) is 2. The van der Waals surface area contributed by atoms with Crippen molar-refractivity contribution in [1.29, 1.82) is 0 Å². The predicted octanol–water partition coefficient (Wildman–Crippen LogP) is 2.74. The summed E-state index contributed by atoms with van der Waals surface area (Å²) in [7, 11) is 2.03. The summed E-state index contributed by atoms with van der Waals surface area (Å²) in [6.45, 7) is 12.9. The predicted molar refractivity (Wildman–Crippen MR) is 69.3 cm³/mol. The van der Waals surface area contributed by atoms with Crippen molar-refractivity contribution in [3.8, 4) is 0 Å². The topological polar surface area (TPSA) is 15.3 Å². The van der Waals surface area contributed by atoms with E-state index in [1.807, 2.05) is 7.05 Å². The molecule has 0 spiro atoms. The quantitative estimate of drug-likeness (QED) is 0.594. The molecule has 0 fully saturated rings. The molecule has 0 aromatic rings. The van der Waals surface area contributed by atoms with Crippen LogP contribution in [0.4, 0.5) is 0 Å². The van der Waals surface area contributed by atoms with Gasteiger partial charge in [-0.1, -0.05) is 27.2 Å². The van der Waals surface area contributed by atoms with E-state index >= 15 is 0 Å². The maximum Gasteiger partial charge on any atom is 0.00673 e. The van der Waals surface area contributed by atoms with Gasteiger partial charge >= 0.3 is 0 Å². The molecule has 0 aliphatic carbocycles. The van der Waals surface area contributed by atoms with E-state index in [1.54, 1.807) is 0 Å². The summed E-state index contributed by atoms with van der Waals surface area (Å²) < 4.78 is 0. The van der Waals surface area contributed by atoms with Gasteiger partial charge in [-0.25, -0.2) is 0 Å². The molecule has 0 radical (unpaired) electrons. The highest BCUT2D eigenvalue weighted by Crippen LogP contribution is 2.11. The first-order valence-electron chi connectivity index (χ1n) is 6.54. The Morgan fingerprint density at radius 1 is 1.20 bits per heavy atom. The first-order chi connectivity index (χ1) is 7.15. The minimum atomic E-state index is 0.734. The van der Waals surface area contributed by atoms with Gasteiger partial charge in [0, 0.05) is 12.6 Å². The van der Waals surface area contributed by atoms with Crippen molar-refractivity contribution < 1.29 is 0 Å². The molecule has 0 aliphatic heterocycles. The average Bonchev–Trinajstić information content (AvgIpc) is 2.25. The molecule has 0 saturated carbocycles. The normalized spacial score (nSPS) is 15.6. The SMILES string of the molecule is CCC(C)CN(CC)C(C)CCCNC. The number of hydrogen-bond donors (Lipinski definition) is 1. The zero-order valence-electron chi connectivity index (χ0n) is 11.3. The van der Waals surface area contributed by atoms with Crippen molar-refractivity contribution in [2.24, 2.45) is 5.92 Å². The lowest BCUT2D eigenvalue weighted by Crippen LogP contribution is -2.36. The average molecular weight is 214 g/mol. The summed E-state index contributed by atoms with van der Waals surface area (Å²) in [5.74, 6) is 0.830. The van der Waals surface area contributed by atoms with Crippen molar-refractivity contribution >= 4 is 0 Å². The minimum Gasteiger partial charge on any atom is -0.320 e. The zero-order chi connectivity index (χ0) is 11.7. The van der Waals surface area contributed by atoms with Crippen LogP contribution in [0.1, 0.15) is 47.0 Å². The van der Waals surface area contributed by atoms with Gasteiger partial charge < -0.3 is 10.2 Å². The Hall–Kier alpha value is -0.0800. The van der Waals surface area contributed by atoms with Gasteiger partial charge in [0.15, 0.2) is 0 Å². The molecular formula is C13H30N2. The molecule has 2 atom stereocenters. The Bertz CT molecular complexity index is 136. The van der Waals surface area contributed by atoms with Crippen LogP contribution in [-0.2, 0) is 0 Å². The second-order valence-electron chi connectivity index (χ2n) is 4.70. The molecule has 0 rings (SSSR count). The fourth-order valence-electron chi connectivity index (χ4n) is 1.91. The molecule has 0 bridgehead atoms. The molecule has 0 amide bonds. The van der Waals surface area contributed by atoms with E-state index in [4.69, 9.17) is 0 Å². The molecule has 2 unspecified atom stereocenters. The number of nitrogens with one attached hydrogen (secondary N) is 1. The van der Waals surface area contributed by atoms with Crippen LogP contribution in [-0.4, -0.2) is 37.6 Å². The van der Waals surface area contributed by atoms with Crippen LogP contribution in [0, 0.1) is 5.92 Å². The Balaban J connectivity index is 3.82. The molecule has 0 saturated heterocycles. The standard InChI is InChI=1S/C13H30N2/c1-6-12(3)11-15(7-2)13(4)9-8-10-14-5/h12-14H,6-11H2,1-5H3. The number of rotatable bonds is 9. The first-order valence-corrected chi connectivity index (χ1v) is 6.54. The van der Waals surface area contributed by atoms with Crippen LogP contribution < -0.4 is 5.32 Å². The molecule has 0 aromatic carbocycles. The van der Waals surface area contributed by atoms with E-state index in [-0.39, 0.29) is 0 Å². The van der Waals surface area contributed by atoms with Gasteiger partial charge in [0.25, 0.3) is 0 Å². The van der Waals surface area contributed by atoms with Crippen LogP contribution in [0.15, 0.2) is 0 Å². The second kappa shape index (κ2) is 9.17. The van der Waals surface area contributed by atoms with E-state index in [9.17, 15) is 0 Å². The van der Waals surface area contributed by atoms with Crippen LogP contribution in [0.5, 0.6) is 0 Å². The fraction of sp³-hybridized carbons (Fsp3) is 1.00. The van der Waals surface area contributed by atoms with Crippen LogP contribution in [0.25, 0.3) is 0 Å². The number of nitrogens with zero attached hydrogens (tertiary/aromatic N) is 1. The second-order valence-corrected chi connectivity index (χ2v) is 4.70. The molecule has 0 aliphatic rings. The lowest BCUT2D eigenvalue weighted by atomic mass is 10.1. The summed E-state index contributed by atoms with van der Waals surface area (Å²) in [4.78, 5) is 2.61.